The molecular weight excluding hydrogens is 206 g/mol. The highest BCUT2D eigenvalue weighted by Gasteiger charge is 1.93. The molecule has 1 nitrogen and oxygen atoms in total. The van der Waals surface area contributed by atoms with E-state index in [9.17, 15) is 0 Å². The highest BCUT2D eigenvalue weighted by Crippen LogP contribution is 2.12. The van der Waals surface area contributed by atoms with Crippen molar-refractivity contribution < 1.29 is 0 Å². The minimum atomic E-state index is 0.861. The molecular formula is C16H31N. The summed E-state index contributed by atoms with van der Waals surface area (Å²) in [6.07, 6.45) is 22.5. The summed E-state index contributed by atoms with van der Waals surface area (Å²) in [7, 11) is 0. The topological polar surface area (TPSA) is 26.0 Å². The highest BCUT2D eigenvalue weighted by atomic mass is 14.5. The molecule has 0 atom stereocenters. The Kier molecular flexibility index (Phi) is 15.1. The van der Waals surface area contributed by atoms with E-state index in [2.05, 4.69) is 5.92 Å². The lowest BCUT2D eigenvalue weighted by molar-refractivity contribution is 0.543. The van der Waals surface area contributed by atoms with Gasteiger partial charge in [-0.3, -0.25) is 0 Å². The van der Waals surface area contributed by atoms with E-state index in [1.54, 1.807) is 0 Å². The molecule has 0 bridgehead atoms. The van der Waals surface area contributed by atoms with Crippen molar-refractivity contribution in [2.24, 2.45) is 5.73 Å². The number of terminal acetylenes is 1. The van der Waals surface area contributed by atoms with E-state index in [1.807, 2.05) is 0 Å². The molecule has 17 heavy (non-hydrogen) atoms. The van der Waals surface area contributed by atoms with Gasteiger partial charge in [0, 0.05) is 6.42 Å². The van der Waals surface area contributed by atoms with Crippen molar-refractivity contribution in [1.82, 2.24) is 0 Å². The lowest BCUT2D eigenvalue weighted by atomic mass is 10.0. The van der Waals surface area contributed by atoms with Crippen molar-refractivity contribution in [3.8, 4) is 12.3 Å². The van der Waals surface area contributed by atoms with Crippen LogP contribution in [-0.2, 0) is 0 Å². The third-order valence-electron chi connectivity index (χ3n) is 3.28. The van der Waals surface area contributed by atoms with Crippen LogP contribution in [0.1, 0.15) is 83.5 Å². The first-order valence-electron chi connectivity index (χ1n) is 7.55. The Bertz CT molecular complexity index is 169. The fourth-order valence-corrected chi connectivity index (χ4v) is 2.14. The van der Waals surface area contributed by atoms with E-state index < -0.39 is 0 Å². The molecule has 0 radical (unpaired) electrons. The van der Waals surface area contributed by atoms with E-state index >= 15 is 0 Å². The molecule has 0 rings (SSSR count). The molecule has 0 aromatic heterocycles. The molecule has 0 saturated carbocycles. The predicted molar refractivity (Wildman–Crippen MR) is 77.9 cm³/mol. The van der Waals surface area contributed by atoms with Gasteiger partial charge in [-0.05, 0) is 19.4 Å². The van der Waals surface area contributed by atoms with Gasteiger partial charge in [-0.2, -0.15) is 0 Å². The molecule has 0 fully saturated rings. The Balaban J connectivity index is 2.87. The van der Waals surface area contributed by atoms with E-state index in [1.165, 1.54) is 77.0 Å². The van der Waals surface area contributed by atoms with Crippen LogP contribution in [0.25, 0.3) is 0 Å². The zero-order valence-corrected chi connectivity index (χ0v) is 11.6. The van der Waals surface area contributed by atoms with Gasteiger partial charge in [0.1, 0.15) is 0 Å². The molecule has 0 unspecified atom stereocenters. The van der Waals surface area contributed by atoms with Crippen LogP contribution >= 0.6 is 0 Å². The van der Waals surface area contributed by atoms with Crippen LogP contribution in [0.15, 0.2) is 0 Å². The van der Waals surface area contributed by atoms with Gasteiger partial charge in [-0.15, -0.1) is 12.3 Å². The van der Waals surface area contributed by atoms with Gasteiger partial charge in [-0.25, -0.2) is 0 Å². The summed E-state index contributed by atoms with van der Waals surface area (Å²) in [5.74, 6) is 2.70. The quantitative estimate of drug-likeness (QED) is 0.366. The molecule has 0 spiro atoms. The second-order valence-corrected chi connectivity index (χ2v) is 4.99. The summed E-state index contributed by atoms with van der Waals surface area (Å²) >= 11 is 0. The summed E-state index contributed by atoms with van der Waals surface area (Å²) in [6.45, 7) is 0.861. The number of rotatable bonds is 13. The average molecular weight is 237 g/mol. The maximum Gasteiger partial charge on any atom is 0.00860 e. The smallest absolute Gasteiger partial charge is 0.00860 e. The first-order chi connectivity index (χ1) is 8.41. The Morgan fingerprint density at radius 2 is 0.941 bits per heavy atom. The molecule has 0 amide bonds. The van der Waals surface area contributed by atoms with Gasteiger partial charge in [0.2, 0.25) is 0 Å². The molecule has 2 N–H and O–H groups in total. The predicted octanol–water partition coefficient (Wildman–Crippen LogP) is 4.65. The van der Waals surface area contributed by atoms with Crippen LogP contribution in [0.2, 0.25) is 0 Å². The lowest BCUT2D eigenvalue weighted by Gasteiger charge is -2.02. The maximum atomic E-state index is 5.46. The lowest BCUT2D eigenvalue weighted by Crippen LogP contribution is -1.97. The molecule has 0 aromatic rings. The summed E-state index contributed by atoms with van der Waals surface area (Å²) in [5.41, 5.74) is 5.46. The number of hydrogen-bond acceptors (Lipinski definition) is 1. The van der Waals surface area contributed by atoms with Crippen LogP contribution in [0, 0.1) is 12.3 Å². The van der Waals surface area contributed by atoms with Crippen LogP contribution in [0.3, 0.4) is 0 Å². The van der Waals surface area contributed by atoms with E-state index in [0.29, 0.717) is 0 Å². The van der Waals surface area contributed by atoms with Crippen molar-refractivity contribution in [2.45, 2.75) is 83.5 Å². The van der Waals surface area contributed by atoms with Gasteiger partial charge >= 0.3 is 0 Å². The fourth-order valence-electron chi connectivity index (χ4n) is 2.14. The second kappa shape index (κ2) is 15.5. The fraction of sp³-hybridized carbons (Fsp3) is 0.875. The first-order valence-corrected chi connectivity index (χ1v) is 7.55. The number of unbranched alkanes of at least 4 members (excludes halogenated alkanes) is 12. The largest absolute Gasteiger partial charge is 0.330 e. The molecule has 1 heteroatoms. The van der Waals surface area contributed by atoms with Crippen molar-refractivity contribution in [3.63, 3.8) is 0 Å². The van der Waals surface area contributed by atoms with Crippen LogP contribution in [-0.4, -0.2) is 6.54 Å². The standard InChI is InChI=1S/C16H31N/c1-2-3-4-5-6-7-8-9-10-11-12-13-14-15-16-17/h1H,3-17H2. The van der Waals surface area contributed by atoms with Crippen LogP contribution in [0.5, 0.6) is 0 Å². The summed E-state index contributed by atoms with van der Waals surface area (Å²) in [5, 5.41) is 0. The molecule has 0 saturated heterocycles. The SMILES string of the molecule is C#CCCCCCCCCCCCCCCN. The number of nitrogens with two attached hydrogens (primary N) is 1. The van der Waals surface area contributed by atoms with Crippen molar-refractivity contribution in [3.05, 3.63) is 0 Å². The minimum Gasteiger partial charge on any atom is -0.330 e. The van der Waals surface area contributed by atoms with E-state index in [-0.39, 0.29) is 0 Å². The Labute approximate surface area is 109 Å². The zero-order chi connectivity index (χ0) is 12.6. The Hall–Kier alpha value is -0.480. The first kappa shape index (κ1) is 16.5. The Morgan fingerprint density at radius 1 is 0.588 bits per heavy atom. The monoisotopic (exact) mass is 237 g/mol. The van der Waals surface area contributed by atoms with E-state index in [0.717, 1.165) is 13.0 Å². The summed E-state index contributed by atoms with van der Waals surface area (Å²) < 4.78 is 0. The average Bonchev–Trinajstić information content (AvgIpc) is 2.35. The normalized spacial score (nSPS) is 10.4. The molecule has 0 heterocycles. The molecule has 0 aliphatic rings. The van der Waals surface area contributed by atoms with Crippen LogP contribution in [0.4, 0.5) is 0 Å². The Morgan fingerprint density at radius 3 is 1.29 bits per heavy atom. The molecule has 0 aromatic carbocycles. The molecule has 100 valence electrons. The second-order valence-electron chi connectivity index (χ2n) is 4.99. The van der Waals surface area contributed by atoms with Gasteiger partial charge in [-0.1, -0.05) is 64.2 Å². The zero-order valence-electron chi connectivity index (χ0n) is 11.6. The van der Waals surface area contributed by atoms with Crippen molar-refractivity contribution in [2.75, 3.05) is 6.54 Å². The van der Waals surface area contributed by atoms with E-state index in [4.69, 9.17) is 12.2 Å². The van der Waals surface area contributed by atoms with Gasteiger partial charge in [0.15, 0.2) is 0 Å². The third-order valence-corrected chi connectivity index (χ3v) is 3.28. The number of hydrogen-bond donors (Lipinski definition) is 1. The van der Waals surface area contributed by atoms with Gasteiger partial charge in [0.05, 0.1) is 0 Å². The summed E-state index contributed by atoms with van der Waals surface area (Å²) in [6, 6.07) is 0. The van der Waals surface area contributed by atoms with Gasteiger partial charge < -0.3 is 5.73 Å². The highest BCUT2D eigenvalue weighted by molar-refractivity contribution is 4.82. The third kappa shape index (κ3) is 15.5. The molecule has 0 aliphatic carbocycles. The molecule has 0 aliphatic heterocycles. The minimum absolute atomic E-state index is 0.861. The van der Waals surface area contributed by atoms with Gasteiger partial charge in [0.25, 0.3) is 0 Å². The van der Waals surface area contributed by atoms with Crippen LogP contribution < -0.4 is 5.73 Å². The van der Waals surface area contributed by atoms with Crippen molar-refractivity contribution >= 4 is 0 Å². The summed E-state index contributed by atoms with van der Waals surface area (Å²) in [4.78, 5) is 0. The maximum absolute atomic E-state index is 5.46. The van der Waals surface area contributed by atoms with Crippen molar-refractivity contribution in [1.29, 1.82) is 0 Å².